The third kappa shape index (κ3) is 2.99. The maximum atomic E-state index is 12.5. The number of aromatic nitrogens is 1. The lowest BCUT2D eigenvalue weighted by molar-refractivity contribution is 0.146. The summed E-state index contributed by atoms with van der Waals surface area (Å²) in [6.45, 7) is 0. The molecule has 0 aliphatic carbocycles. The fourth-order valence-electron chi connectivity index (χ4n) is 0.873. The van der Waals surface area contributed by atoms with Crippen molar-refractivity contribution in [1.82, 2.24) is 4.98 Å². The van der Waals surface area contributed by atoms with Crippen LogP contribution in [0.15, 0.2) is 15.6 Å². The number of nitrogens with zero attached hydrogens (tertiary/aromatic N) is 1. The van der Waals surface area contributed by atoms with Gasteiger partial charge in [-0.05, 0) is 22.0 Å². The fraction of sp³-hybridized carbons (Fsp3) is 0.167. The van der Waals surface area contributed by atoms with Gasteiger partial charge in [-0.3, -0.25) is 0 Å². The number of hydrogen-bond donors (Lipinski definition) is 0. The van der Waals surface area contributed by atoms with Gasteiger partial charge in [-0.2, -0.15) is 0 Å². The normalized spacial score (nSPS) is 12.1. The molecule has 0 saturated heterocycles. The Hall–Kier alpha value is 0.0200. The Morgan fingerprint density at radius 3 is 2.40 bits per heavy atom. The highest BCUT2D eigenvalue weighted by Gasteiger charge is 2.26. The summed E-state index contributed by atoms with van der Waals surface area (Å²) in [5.41, 5.74) is -0.797. The van der Waals surface area contributed by atoms with Gasteiger partial charge in [0.05, 0.1) is 10.5 Å². The van der Waals surface area contributed by atoms with Crippen molar-refractivity contribution in [3.8, 4) is 0 Å². The van der Waals surface area contributed by atoms with Gasteiger partial charge in [0, 0.05) is 10.7 Å². The lowest BCUT2D eigenvalue weighted by Crippen LogP contribution is -2.02. The molecule has 84 valence electrons. The molecule has 0 aliphatic rings. The van der Waals surface area contributed by atoms with Crippen LogP contribution in [-0.2, 0) is 9.05 Å². The molecule has 0 spiro atoms. The highest BCUT2D eigenvalue weighted by Crippen LogP contribution is 2.35. The average molecular weight is 341 g/mol. The first-order chi connectivity index (χ1) is 6.73. The van der Waals surface area contributed by atoms with Crippen molar-refractivity contribution >= 4 is 47.3 Å². The highest BCUT2D eigenvalue weighted by atomic mass is 79.9. The molecule has 0 amide bonds. The Labute approximate surface area is 102 Å². The topological polar surface area (TPSA) is 47.0 Å². The standard InChI is InChI=1S/C6H2BrCl2F2NO2S/c7-5-4(6(10)11)2(15(9,13)14)1-3(8)12-5/h1,6H. The molecule has 0 fully saturated rings. The largest absolute Gasteiger partial charge is 0.267 e. The van der Waals surface area contributed by atoms with Crippen LogP contribution in [0.5, 0.6) is 0 Å². The summed E-state index contributed by atoms with van der Waals surface area (Å²) in [5, 5.41) is -0.245. The second-order valence-electron chi connectivity index (χ2n) is 2.39. The first-order valence-corrected chi connectivity index (χ1v) is 6.80. The van der Waals surface area contributed by atoms with Crippen LogP contribution in [0.25, 0.3) is 0 Å². The quantitative estimate of drug-likeness (QED) is 0.612. The number of pyridine rings is 1. The number of halogens is 5. The third-order valence-electron chi connectivity index (χ3n) is 1.42. The van der Waals surface area contributed by atoms with Crippen molar-refractivity contribution in [3.63, 3.8) is 0 Å². The molecule has 9 heteroatoms. The summed E-state index contributed by atoms with van der Waals surface area (Å²) in [6, 6.07) is 0.774. The summed E-state index contributed by atoms with van der Waals surface area (Å²) in [5.74, 6) is 0. The van der Waals surface area contributed by atoms with Gasteiger partial charge in [0.1, 0.15) is 9.76 Å². The molecule has 0 radical (unpaired) electrons. The van der Waals surface area contributed by atoms with E-state index in [1.165, 1.54) is 0 Å². The van der Waals surface area contributed by atoms with Crippen molar-refractivity contribution in [2.75, 3.05) is 0 Å². The van der Waals surface area contributed by atoms with Gasteiger partial charge >= 0.3 is 0 Å². The first kappa shape index (κ1) is 13.1. The average Bonchev–Trinajstić information content (AvgIpc) is 1.99. The van der Waals surface area contributed by atoms with E-state index in [-0.39, 0.29) is 9.76 Å². The van der Waals surface area contributed by atoms with Gasteiger partial charge in [0.25, 0.3) is 15.5 Å². The molecule has 0 aliphatic heterocycles. The Kier molecular flexibility index (Phi) is 3.91. The van der Waals surface area contributed by atoms with Crippen LogP contribution in [0.3, 0.4) is 0 Å². The van der Waals surface area contributed by atoms with Gasteiger partial charge in [-0.15, -0.1) is 0 Å². The van der Waals surface area contributed by atoms with E-state index in [1.54, 1.807) is 0 Å². The number of rotatable bonds is 2. The van der Waals surface area contributed by atoms with Crippen LogP contribution in [0, 0.1) is 0 Å². The number of hydrogen-bond acceptors (Lipinski definition) is 3. The van der Waals surface area contributed by atoms with E-state index in [4.69, 9.17) is 22.3 Å². The van der Waals surface area contributed by atoms with E-state index in [9.17, 15) is 17.2 Å². The molecule has 0 aromatic carbocycles. The van der Waals surface area contributed by atoms with Crippen LogP contribution in [0.4, 0.5) is 8.78 Å². The van der Waals surface area contributed by atoms with Crippen molar-refractivity contribution in [2.45, 2.75) is 11.3 Å². The predicted molar refractivity (Wildman–Crippen MR) is 54.9 cm³/mol. The minimum absolute atomic E-state index is 0.245. The second-order valence-corrected chi connectivity index (χ2v) is 6.06. The van der Waals surface area contributed by atoms with Gasteiger partial charge in [0.2, 0.25) is 0 Å². The second kappa shape index (κ2) is 4.48. The molecule has 3 nitrogen and oxygen atoms in total. The van der Waals surface area contributed by atoms with Crippen molar-refractivity contribution < 1.29 is 17.2 Å². The van der Waals surface area contributed by atoms with Crippen LogP contribution in [-0.4, -0.2) is 13.4 Å². The monoisotopic (exact) mass is 339 g/mol. The van der Waals surface area contributed by atoms with Crippen LogP contribution < -0.4 is 0 Å². The lowest BCUT2D eigenvalue weighted by Gasteiger charge is -2.07. The van der Waals surface area contributed by atoms with Gasteiger partial charge in [-0.1, -0.05) is 11.6 Å². The van der Waals surface area contributed by atoms with E-state index in [1.807, 2.05) is 0 Å². The first-order valence-electron chi connectivity index (χ1n) is 3.32. The van der Waals surface area contributed by atoms with Crippen LogP contribution >= 0.6 is 38.2 Å². The van der Waals surface area contributed by atoms with Crippen LogP contribution in [0.2, 0.25) is 5.15 Å². The summed E-state index contributed by atoms with van der Waals surface area (Å²) in [4.78, 5) is 2.70. The molecule has 0 unspecified atom stereocenters. The summed E-state index contributed by atoms with van der Waals surface area (Å²) < 4.78 is 46.7. The molecule has 1 aromatic rings. The minimum Gasteiger partial charge on any atom is -0.229 e. The molecular formula is C6H2BrCl2F2NO2S. The summed E-state index contributed by atoms with van der Waals surface area (Å²) in [7, 11) is 0.698. The van der Waals surface area contributed by atoms with Gasteiger partial charge < -0.3 is 0 Å². The van der Waals surface area contributed by atoms with Gasteiger partial charge in [-0.25, -0.2) is 22.2 Å². The van der Waals surface area contributed by atoms with Crippen LogP contribution in [0.1, 0.15) is 12.0 Å². The molecule has 1 rings (SSSR count). The van der Waals surface area contributed by atoms with E-state index in [2.05, 4.69) is 20.9 Å². The van der Waals surface area contributed by atoms with Gasteiger partial charge in [0.15, 0.2) is 0 Å². The Morgan fingerprint density at radius 2 is 2.00 bits per heavy atom. The fourth-order valence-corrected chi connectivity index (χ4v) is 3.03. The molecule has 0 bridgehead atoms. The van der Waals surface area contributed by atoms with Crippen molar-refractivity contribution in [2.24, 2.45) is 0 Å². The molecule has 0 atom stereocenters. The summed E-state index contributed by atoms with van der Waals surface area (Å²) in [6.07, 6.45) is -3.02. The number of alkyl halides is 2. The SMILES string of the molecule is O=S(=O)(Cl)c1cc(Cl)nc(Br)c1C(F)F. The Balaban J connectivity index is 3.62. The van der Waals surface area contributed by atoms with Crippen molar-refractivity contribution in [3.05, 3.63) is 21.4 Å². The Bertz CT molecular complexity index is 494. The zero-order valence-electron chi connectivity index (χ0n) is 6.72. The maximum absolute atomic E-state index is 12.5. The summed E-state index contributed by atoms with van der Waals surface area (Å²) >= 11 is 8.12. The Morgan fingerprint density at radius 1 is 1.47 bits per heavy atom. The molecule has 0 saturated carbocycles. The zero-order chi connectivity index (χ0) is 11.8. The molecule has 1 aromatic heterocycles. The minimum atomic E-state index is -4.29. The maximum Gasteiger partial charge on any atom is 0.267 e. The van der Waals surface area contributed by atoms with Crippen molar-refractivity contribution in [1.29, 1.82) is 0 Å². The smallest absolute Gasteiger partial charge is 0.229 e. The lowest BCUT2D eigenvalue weighted by atomic mass is 10.3. The van der Waals surface area contributed by atoms with E-state index in [0.29, 0.717) is 0 Å². The zero-order valence-corrected chi connectivity index (χ0v) is 10.6. The molecule has 1 heterocycles. The molecular weight excluding hydrogens is 339 g/mol. The highest BCUT2D eigenvalue weighted by molar-refractivity contribution is 9.10. The third-order valence-corrected chi connectivity index (χ3v) is 3.58. The van der Waals surface area contributed by atoms with E-state index in [0.717, 1.165) is 6.07 Å². The molecule has 15 heavy (non-hydrogen) atoms. The predicted octanol–water partition coefficient (Wildman–Crippen LogP) is 3.36. The van der Waals surface area contributed by atoms with E-state index < -0.39 is 25.9 Å². The molecule has 0 N–H and O–H groups in total. The van der Waals surface area contributed by atoms with E-state index >= 15 is 0 Å².